The molecule has 0 saturated carbocycles. The van der Waals surface area contributed by atoms with E-state index < -0.39 is 0 Å². The molecule has 0 spiro atoms. The highest BCUT2D eigenvalue weighted by Gasteiger charge is 2.08. The minimum absolute atomic E-state index is 0.457. The lowest BCUT2D eigenvalue weighted by Crippen LogP contribution is -2.25. The highest BCUT2D eigenvalue weighted by Crippen LogP contribution is 2.17. The first-order valence-corrected chi connectivity index (χ1v) is 7.10. The molecule has 0 aromatic heterocycles. The van der Waals surface area contributed by atoms with Gasteiger partial charge in [-0.2, -0.15) is 0 Å². The van der Waals surface area contributed by atoms with Gasteiger partial charge in [0, 0.05) is 19.2 Å². The minimum atomic E-state index is 0.457. The van der Waals surface area contributed by atoms with Crippen molar-refractivity contribution in [1.29, 1.82) is 0 Å². The lowest BCUT2D eigenvalue weighted by Gasteiger charge is -2.18. The Morgan fingerprint density at radius 1 is 1.17 bits per heavy atom. The van der Waals surface area contributed by atoms with E-state index in [1.807, 2.05) is 0 Å². The lowest BCUT2D eigenvalue weighted by molar-refractivity contribution is 0.110. The summed E-state index contributed by atoms with van der Waals surface area (Å²) in [6.45, 7) is 9.16. The first-order chi connectivity index (χ1) is 8.74. The van der Waals surface area contributed by atoms with Crippen LogP contribution < -0.4 is 5.32 Å². The zero-order valence-corrected chi connectivity index (χ0v) is 12.0. The summed E-state index contributed by atoms with van der Waals surface area (Å²) in [5.41, 5.74) is 1.38. The number of rotatable bonds is 9. The second-order valence-corrected chi connectivity index (χ2v) is 5.17. The molecule has 2 heteroatoms. The Bertz CT molecular complexity index is 297. The van der Waals surface area contributed by atoms with Gasteiger partial charge in [-0.05, 0) is 17.9 Å². The van der Waals surface area contributed by atoms with Crippen LogP contribution in [0, 0.1) is 5.92 Å². The van der Waals surface area contributed by atoms with Gasteiger partial charge in [-0.3, -0.25) is 0 Å². The third-order valence-corrected chi connectivity index (χ3v) is 2.87. The predicted molar refractivity (Wildman–Crippen MR) is 77.8 cm³/mol. The molecule has 1 aromatic carbocycles. The number of hydrogen-bond donors (Lipinski definition) is 1. The van der Waals surface area contributed by atoms with E-state index in [-0.39, 0.29) is 0 Å². The van der Waals surface area contributed by atoms with Crippen LogP contribution in [0.1, 0.15) is 45.2 Å². The van der Waals surface area contributed by atoms with E-state index in [1.165, 1.54) is 18.4 Å². The summed E-state index contributed by atoms with van der Waals surface area (Å²) in [5.74, 6) is 0.616. The van der Waals surface area contributed by atoms with E-state index >= 15 is 0 Å². The molecule has 0 heterocycles. The number of benzene rings is 1. The maximum atomic E-state index is 5.60. The Kier molecular flexibility index (Phi) is 7.70. The van der Waals surface area contributed by atoms with E-state index in [0.717, 1.165) is 19.8 Å². The lowest BCUT2D eigenvalue weighted by atomic mass is 10.0. The van der Waals surface area contributed by atoms with Gasteiger partial charge >= 0.3 is 0 Å². The molecule has 0 saturated heterocycles. The van der Waals surface area contributed by atoms with Gasteiger partial charge in [0.05, 0.1) is 6.61 Å². The Labute approximate surface area is 112 Å². The van der Waals surface area contributed by atoms with Crippen molar-refractivity contribution in [3.05, 3.63) is 35.9 Å². The monoisotopic (exact) mass is 249 g/mol. The molecule has 0 aliphatic carbocycles. The van der Waals surface area contributed by atoms with E-state index in [0.29, 0.717) is 12.0 Å². The van der Waals surface area contributed by atoms with Crippen LogP contribution in [0.2, 0.25) is 0 Å². The summed E-state index contributed by atoms with van der Waals surface area (Å²) in [4.78, 5) is 0. The molecule has 0 amide bonds. The molecule has 18 heavy (non-hydrogen) atoms. The van der Waals surface area contributed by atoms with E-state index in [4.69, 9.17) is 4.74 Å². The van der Waals surface area contributed by atoms with Crippen LogP contribution in [0.15, 0.2) is 30.3 Å². The van der Waals surface area contributed by atoms with Gasteiger partial charge in [0.15, 0.2) is 0 Å². The van der Waals surface area contributed by atoms with Crippen molar-refractivity contribution in [3.8, 4) is 0 Å². The molecule has 1 N–H and O–H groups in total. The fraction of sp³-hybridized carbons (Fsp3) is 0.625. The summed E-state index contributed by atoms with van der Waals surface area (Å²) in [5, 5.41) is 3.59. The quantitative estimate of drug-likeness (QED) is 0.672. The predicted octanol–water partition coefficient (Wildman–Crippen LogP) is 3.79. The summed E-state index contributed by atoms with van der Waals surface area (Å²) in [7, 11) is 0. The van der Waals surface area contributed by atoms with Crippen molar-refractivity contribution in [2.24, 2.45) is 5.92 Å². The van der Waals surface area contributed by atoms with Crippen molar-refractivity contribution < 1.29 is 4.74 Å². The standard InChI is InChI=1S/C16H27NO/c1-4-8-16(15-9-6-5-7-10-15)17-11-12-18-13-14(2)3/h5-7,9-10,14,16-17H,4,8,11-13H2,1-3H3. The molecular formula is C16H27NO. The molecule has 1 unspecified atom stereocenters. The summed E-state index contributed by atoms with van der Waals surface area (Å²) in [6, 6.07) is 11.1. The first-order valence-electron chi connectivity index (χ1n) is 7.10. The van der Waals surface area contributed by atoms with Crippen molar-refractivity contribution in [2.45, 2.75) is 39.7 Å². The molecule has 1 rings (SSSR count). The molecule has 102 valence electrons. The summed E-state index contributed by atoms with van der Waals surface area (Å²) < 4.78 is 5.60. The number of ether oxygens (including phenoxy) is 1. The average molecular weight is 249 g/mol. The van der Waals surface area contributed by atoms with E-state index in [1.54, 1.807) is 0 Å². The zero-order valence-electron chi connectivity index (χ0n) is 12.0. The smallest absolute Gasteiger partial charge is 0.0591 e. The molecule has 0 aliphatic heterocycles. The van der Waals surface area contributed by atoms with E-state index in [9.17, 15) is 0 Å². The Hall–Kier alpha value is -0.860. The summed E-state index contributed by atoms with van der Waals surface area (Å²) in [6.07, 6.45) is 2.37. The fourth-order valence-corrected chi connectivity index (χ4v) is 1.98. The molecule has 0 aliphatic rings. The maximum absolute atomic E-state index is 5.60. The largest absolute Gasteiger partial charge is 0.380 e. The maximum Gasteiger partial charge on any atom is 0.0591 e. The zero-order chi connectivity index (χ0) is 13.2. The molecule has 0 fully saturated rings. The first kappa shape index (κ1) is 15.2. The second-order valence-electron chi connectivity index (χ2n) is 5.17. The summed E-state index contributed by atoms with van der Waals surface area (Å²) >= 11 is 0. The van der Waals surface area contributed by atoms with E-state index in [2.05, 4.69) is 56.4 Å². The number of nitrogens with one attached hydrogen (secondary N) is 1. The van der Waals surface area contributed by atoms with Gasteiger partial charge < -0.3 is 10.1 Å². The van der Waals surface area contributed by atoms with Crippen LogP contribution in [0.5, 0.6) is 0 Å². The number of hydrogen-bond acceptors (Lipinski definition) is 2. The molecule has 0 radical (unpaired) electrons. The van der Waals surface area contributed by atoms with Crippen LogP contribution in [-0.4, -0.2) is 19.8 Å². The topological polar surface area (TPSA) is 21.3 Å². The van der Waals surface area contributed by atoms with Crippen molar-refractivity contribution in [3.63, 3.8) is 0 Å². The van der Waals surface area contributed by atoms with Crippen LogP contribution in [0.4, 0.5) is 0 Å². The van der Waals surface area contributed by atoms with Crippen molar-refractivity contribution in [2.75, 3.05) is 19.8 Å². The Morgan fingerprint density at radius 2 is 1.89 bits per heavy atom. The van der Waals surface area contributed by atoms with Gasteiger partial charge in [0.25, 0.3) is 0 Å². The van der Waals surface area contributed by atoms with Crippen molar-refractivity contribution in [1.82, 2.24) is 5.32 Å². The van der Waals surface area contributed by atoms with Gasteiger partial charge in [-0.1, -0.05) is 57.5 Å². The highest BCUT2D eigenvalue weighted by atomic mass is 16.5. The van der Waals surface area contributed by atoms with Crippen LogP contribution in [-0.2, 0) is 4.74 Å². The molecule has 2 nitrogen and oxygen atoms in total. The highest BCUT2D eigenvalue weighted by molar-refractivity contribution is 5.18. The Morgan fingerprint density at radius 3 is 2.50 bits per heavy atom. The normalized spacial score (nSPS) is 12.9. The third kappa shape index (κ3) is 6.18. The fourth-order valence-electron chi connectivity index (χ4n) is 1.98. The van der Waals surface area contributed by atoms with Gasteiger partial charge in [0.2, 0.25) is 0 Å². The molecular weight excluding hydrogens is 222 g/mol. The van der Waals surface area contributed by atoms with Gasteiger partial charge in [-0.25, -0.2) is 0 Å². The van der Waals surface area contributed by atoms with Gasteiger partial charge in [0.1, 0.15) is 0 Å². The second kappa shape index (κ2) is 9.12. The van der Waals surface area contributed by atoms with Crippen molar-refractivity contribution >= 4 is 0 Å². The van der Waals surface area contributed by atoms with Crippen LogP contribution in [0.25, 0.3) is 0 Å². The van der Waals surface area contributed by atoms with Crippen LogP contribution in [0.3, 0.4) is 0 Å². The third-order valence-electron chi connectivity index (χ3n) is 2.87. The molecule has 1 aromatic rings. The van der Waals surface area contributed by atoms with Gasteiger partial charge in [-0.15, -0.1) is 0 Å². The molecule has 0 bridgehead atoms. The van der Waals surface area contributed by atoms with Crippen LogP contribution >= 0.6 is 0 Å². The SMILES string of the molecule is CCCC(NCCOCC(C)C)c1ccccc1. The average Bonchev–Trinajstić information content (AvgIpc) is 2.38. The Balaban J connectivity index is 2.31. The molecule has 1 atom stereocenters. The minimum Gasteiger partial charge on any atom is -0.380 e.